The second-order valence-electron chi connectivity index (χ2n) is 4.98. The van der Waals surface area contributed by atoms with Crippen LogP contribution < -0.4 is 0 Å². The van der Waals surface area contributed by atoms with E-state index in [1.165, 1.54) is 5.56 Å². The molecular formula is C13H16BrN5O. The van der Waals surface area contributed by atoms with Crippen LogP contribution in [0.5, 0.6) is 0 Å². The van der Waals surface area contributed by atoms with Crippen molar-refractivity contribution in [2.45, 2.75) is 18.6 Å². The lowest BCUT2D eigenvalue weighted by atomic mass is 10.0. The van der Waals surface area contributed by atoms with Crippen LogP contribution in [0.25, 0.3) is 0 Å². The van der Waals surface area contributed by atoms with Gasteiger partial charge in [0.15, 0.2) is 0 Å². The van der Waals surface area contributed by atoms with Gasteiger partial charge in [-0.25, -0.2) is 0 Å². The number of pyridine rings is 1. The molecule has 7 heteroatoms. The Kier molecular flexibility index (Phi) is 4.09. The number of hydrogen-bond acceptors (Lipinski definition) is 5. The highest BCUT2D eigenvalue weighted by Gasteiger charge is 2.35. The molecule has 0 aliphatic carbocycles. The summed E-state index contributed by atoms with van der Waals surface area (Å²) in [4.78, 5) is 6.56. The molecule has 0 bridgehead atoms. The molecule has 2 aromatic rings. The van der Waals surface area contributed by atoms with Gasteiger partial charge in [0, 0.05) is 49.5 Å². The summed E-state index contributed by atoms with van der Waals surface area (Å²) < 4.78 is 6.60. The van der Waals surface area contributed by atoms with Gasteiger partial charge in [0.05, 0.1) is 18.0 Å². The topological polar surface area (TPSA) is 66.9 Å². The Morgan fingerprint density at radius 1 is 1.40 bits per heavy atom. The second kappa shape index (κ2) is 5.99. The van der Waals surface area contributed by atoms with Gasteiger partial charge in [-0.15, -0.1) is 0 Å². The van der Waals surface area contributed by atoms with Crippen molar-refractivity contribution in [2.24, 2.45) is 0 Å². The van der Waals surface area contributed by atoms with E-state index in [4.69, 9.17) is 4.74 Å². The van der Waals surface area contributed by atoms with Crippen molar-refractivity contribution in [2.75, 3.05) is 20.2 Å². The Morgan fingerprint density at radius 2 is 2.30 bits per heavy atom. The molecule has 1 aliphatic rings. The van der Waals surface area contributed by atoms with Crippen molar-refractivity contribution in [3.05, 3.63) is 40.4 Å². The lowest BCUT2D eigenvalue weighted by molar-refractivity contribution is 0.0957. The number of halogens is 1. The normalized spacial score (nSPS) is 23.3. The van der Waals surface area contributed by atoms with Crippen molar-refractivity contribution >= 4 is 15.9 Å². The first-order chi connectivity index (χ1) is 9.76. The SMILES string of the molecule is CO[C@@H]1CN(Cc2cncc(Br)c2)C[C@H]1c1cn[nH]n1. The van der Waals surface area contributed by atoms with Crippen LogP contribution in [-0.2, 0) is 11.3 Å². The van der Waals surface area contributed by atoms with Crippen LogP contribution >= 0.6 is 15.9 Å². The molecule has 106 valence electrons. The number of likely N-dealkylation sites (tertiary alicyclic amines) is 1. The molecule has 0 spiro atoms. The van der Waals surface area contributed by atoms with Crippen molar-refractivity contribution in [3.8, 4) is 0 Å². The molecule has 2 atom stereocenters. The number of H-pyrrole nitrogens is 1. The maximum atomic E-state index is 5.59. The van der Waals surface area contributed by atoms with E-state index < -0.39 is 0 Å². The van der Waals surface area contributed by atoms with Gasteiger partial charge in [0.2, 0.25) is 0 Å². The highest BCUT2D eigenvalue weighted by Crippen LogP contribution is 2.28. The number of methoxy groups -OCH3 is 1. The van der Waals surface area contributed by atoms with Crippen LogP contribution in [0, 0.1) is 0 Å². The summed E-state index contributed by atoms with van der Waals surface area (Å²) in [7, 11) is 1.75. The first kappa shape index (κ1) is 13.7. The maximum absolute atomic E-state index is 5.59. The van der Waals surface area contributed by atoms with E-state index in [1.54, 1.807) is 19.5 Å². The highest BCUT2D eigenvalue weighted by molar-refractivity contribution is 9.10. The smallest absolute Gasteiger partial charge is 0.0894 e. The van der Waals surface area contributed by atoms with Crippen LogP contribution in [0.4, 0.5) is 0 Å². The first-order valence-corrected chi connectivity index (χ1v) is 7.26. The van der Waals surface area contributed by atoms with Gasteiger partial charge in [-0.3, -0.25) is 9.88 Å². The average Bonchev–Trinajstić information content (AvgIpc) is 3.06. The van der Waals surface area contributed by atoms with E-state index in [9.17, 15) is 0 Å². The number of hydrogen-bond donors (Lipinski definition) is 1. The Morgan fingerprint density at radius 3 is 3.00 bits per heavy atom. The molecule has 1 fully saturated rings. The van der Waals surface area contributed by atoms with Gasteiger partial charge in [0.1, 0.15) is 0 Å². The molecule has 0 radical (unpaired) electrons. The number of rotatable bonds is 4. The highest BCUT2D eigenvalue weighted by atomic mass is 79.9. The standard InChI is InChI=1S/C13H16BrN5O/c1-20-13-8-19(6-9-2-10(14)4-15-3-9)7-11(13)12-5-16-18-17-12/h2-5,11,13H,6-8H2,1H3,(H,16,17,18)/t11-,13+/m0/s1. The van der Waals surface area contributed by atoms with E-state index in [0.29, 0.717) is 0 Å². The van der Waals surface area contributed by atoms with Crippen LogP contribution in [0.3, 0.4) is 0 Å². The Bertz CT molecular complexity index is 562. The molecule has 20 heavy (non-hydrogen) atoms. The lowest BCUT2D eigenvalue weighted by Crippen LogP contribution is -2.22. The van der Waals surface area contributed by atoms with Crippen LogP contribution in [0.15, 0.2) is 29.1 Å². The predicted octanol–water partition coefficient (Wildman–Crippen LogP) is 1.58. The van der Waals surface area contributed by atoms with Gasteiger partial charge < -0.3 is 4.74 Å². The summed E-state index contributed by atoms with van der Waals surface area (Å²) in [6.07, 6.45) is 5.63. The van der Waals surface area contributed by atoms with Gasteiger partial charge in [0.25, 0.3) is 0 Å². The molecule has 6 nitrogen and oxygen atoms in total. The molecule has 0 aromatic carbocycles. The van der Waals surface area contributed by atoms with E-state index in [-0.39, 0.29) is 12.0 Å². The zero-order chi connectivity index (χ0) is 13.9. The van der Waals surface area contributed by atoms with Gasteiger partial charge >= 0.3 is 0 Å². The molecule has 2 aromatic heterocycles. The summed E-state index contributed by atoms with van der Waals surface area (Å²) in [5.74, 6) is 0.263. The molecule has 3 heterocycles. The van der Waals surface area contributed by atoms with E-state index in [1.807, 2.05) is 6.20 Å². The number of ether oxygens (including phenoxy) is 1. The minimum atomic E-state index is 0.153. The predicted molar refractivity (Wildman–Crippen MR) is 77.1 cm³/mol. The molecule has 1 aliphatic heterocycles. The van der Waals surface area contributed by atoms with Gasteiger partial charge in [-0.05, 0) is 27.6 Å². The fourth-order valence-corrected chi connectivity index (χ4v) is 3.11. The summed E-state index contributed by atoms with van der Waals surface area (Å²) in [5, 5.41) is 10.8. The zero-order valence-electron chi connectivity index (χ0n) is 11.2. The van der Waals surface area contributed by atoms with E-state index in [0.717, 1.165) is 29.8 Å². The number of nitrogens with zero attached hydrogens (tertiary/aromatic N) is 4. The second-order valence-corrected chi connectivity index (χ2v) is 5.90. The molecule has 0 saturated carbocycles. The van der Waals surface area contributed by atoms with Gasteiger partial charge in [-0.2, -0.15) is 15.4 Å². The fraction of sp³-hybridized carbons (Fsp3) is 0.462. The minimum Gasteiger partial charge on any atom is -0.379 e. The monoisotopic (exact) mass is 337 g/mol. The van der Waals surface area contributed by atoms with Crippen molar-refractivity contribution < 1.29 is 4.74 Å². The zero-order valence-corrected chi connectivity index (χ0v) is 12.7. The Hall–Kier alpha value is -1.31. The third kappa shape index (κ3) is 2.89. The molecule has 0 amide bonds. The van der Waals surface area contributed by atoms with Crippen LogP contribution in [-0.4, -0.2) is 51.6 Å². The molecular weight excluding hydrogens is 322 g/mol. The van der Waals surface area contributed by atoms with Crippen molar-refractivity contribution in [1.29, 1.82) is 0 Å². The average molecular weight is 338 g/mol. The molecule has 1 N–H and O–H groups in total. The first-order valence-electron chi connectivity index (χ1n) is 6.46. The van der Waals surface area contributed by atoms with E-state index in [2.05, 4.69) is 47.3 Å². The molecule has 0 unspecified atom stereocenters. The number of nitrogens with one attached hydrogen (secondary N) is 1. The Balaban J connectivity index is 1.70. The van der Waals surface area contributed by atoms with Crippen molar-refractivity contribution in [1.82, 2.24) is 25.3 Å². The van der Waals surface area contributed by atoms with Crippen molar-refractivity contribution in [3.63, 3.8) is 0 Å². The lowest BCUT2D eigenvalue weighted by Gasteiger charge is -2.15. The minimum absolute atomic E-state index is 0.153. The van der Waals surface area contributed by atoms with Gasteiger partial charge in [-0.1, -0.05) is 0 Å². The Labute approximate surface area is 125 Å². The quantitative estimate of drug-likeness (QED) is 0.917. The van der Waals surface area contributed by atoms with Crippen LogP contribution in [0.1, 0.15) is 17.2 Å². The van der Waals surface area contributed by atoms with Crippen LogP contribution in [0.2, 0.25) is 0 Å². The third-order valence-electron chi connectivity index (χ3n) is 3.63. The number of aromatic nitrogens is 4. The molecule has 1 saturated heterocycles. The summed E-state index contributed by atoms with van der Waals surface area (Å²) in [5.41, 5.74) is 2.15. The van der Waals surface area contributed by atoms with E-state index >= 15 is 0 Å². The fourth-order valence-electron chi connectivity index (χ4n) is 2.69. The number of aromatic amines is 1. The summed E-state index contributed by atoms with van der Waals surface area (Å²) in [6.45, 7) is 2.67. The largest absolute Gasteiger partial charge is 0.379 e. The summed E-state index contributed by atoms with van der Waals surface area (Å²) in [6, 6.07) is 2.10. The maximum Gasteiger partial charge on any atom is 0.0894 e. The summed E-state index contributed by atoms with van der Waals surface area (Å²) >= 11 is 3.45. The molecule has 3 rings (SSSR count). The third-order valence-corrected chi connectivity index (χ3v) is 4.06.